The number of benzene rings is 8. The van der Waals surface area contributed by atoms with E-state index < -0.39 is 21.7 Å². The predicted molar refractivity (Wildman–Crippen MR) is 294 cm³/mol. The van der Waals surface area contributed by atoms with Crippen molar-refractivity contribution in [3.63, 3.8) is 0 Å². The van der Waals surface area contributed by atoms with Crippen molar-refractivity contribution in [1.29, 1.82) is 0 Å². The maximum Gasteiger partial charge on any atom is 0.0632 e. The third-order valence-electron chi connectivity index (χ3n) is 12.2. The molecular formula is C68H72. The monoisotopic (exact) mass is 917 g/mol. The largest absolute Gasteiger partial charge is 0.0632 e. The summed E-state index contributed by atoms with van der Waals surface area (Å²) in [6, 6.07) is -3.95. The van der Waals surface area contributed by atoms with Crippen LogP contribution >= 0.6 is 0 Å². The lowest BCUT2D eigenvalue weighted by Crippen LogP contribution is -2.13. The maximum atomic E-state index is 8.59. The van der Waals surface area contributed by atoms with Crippen LogP contribution in [0.5, 0.6) is 0 Å². The smallest absolute Gasteiger partial charge is 0.0619 e. The van der Waals surface area contributed by atoms with Crippen molar-refractivity contribution in [3.05, 3.63) is 236 Å². The zero-order chi connectivity index (χ0) is 72.5. The van der Waals surface area contributed by atoms with E-state index in [1.807, 2.05) is 83.1 Å². The molecule has 344 valence electrons. The third kappa shape index (κ3) is 9.45. The minimum Gasteiger partial charge on any atom is -0.0619 e. The van der Waals surface area contributed by atoms with Crippen LogP contribution in [0.15, 0.2) is 169 Å². The Balaban J connectivity index is 0.000000150. The van der Waals surface area contributed by atoms with E-state index in [2.05, 4.69) is 0 Å². The minimum absolute atomic E-state index is 0.00862. The van der Waals surface area contributed by atoms with E-state index in [0.29, 0.717) is 106 Å². The molecule has 68 heavy (non-hydrogen) atoms. The quantitative estimate of drug-likeness (QED) is 0.142. The maximum absolute atomic E-state index is 8.59. The molecule has 0 unspecified atom stereocenters. The van der Waals surface area contributed by atoms with Crippen molar-refractivity contribution < 1.29 is 38.4 Å². The Morgan fingerprint density at radius 2 is 0.662 bits per heavy atom. The Morgan fingerprint density at radius 3 is 1.25 bits per heavy atom. The first-order valence-corrected chi connectivity index (χ1v) is 22.8. The van der Waals surface area contributed by atoms with Gasteiger partial charge in [-0.25, -0.2) is 0 Å². The van der Waals surface area contributed by atoms with E-state index in [4.69, 9.17) is 38.4 Å². The van der Waals surface area contributed by atoms with Crippen molar-refractivity contribution in [2.75, 3.05) is 0 Å². The van der Waals surface area contributed by atoms with Crippen LogP contribution in [0.1, 0.15) is 188 Å². The fraction of sp³-hybridized carbons (Fsp3) is 0.294. The molecule has 0 aliphatic heterocycles. The minimum atomic E-state index is -0.507. The normalized spacial score (nSPS) is 19.1. The number of hydrogen-bond acceptors (Lipinski definition) is 0. The average Bonchev–Trinajstić information content (AvgIpc) is 1.57. The highest BCUT2D eigenvalue weighted by Gasteiger charge is 2.28. The highest BCUT2D eigenvalue weighted by molar-refractivity contribution is 5.81. The standard InChI is InChI=1S/4C17H18/c1-17(2,3)15-10-6-8-13-11-12-7-4-5-9-14(12)16(13)15;1-17(2,3)16-10-6-9-14-13-8-5-4-7-12(13)11-15(14)16;1-17(2,3)14-8-9-16-13(11-14)10-12-6-4-5-7-15(12)16;1-17(2,3)14-9-8-13-10-12-6-4-5-7-15(12)16(13)11-14/h2*4-10H,11H2,1-3H3;2*4-9,11H,10H2,1-3H3/i2*4D,5D,6D,7D,8D,9D,10D;2*4D,5D,6D,7D,8D,9D,11D. The molecular weight excluding hydrogens is 817 g/mol. The summed E-state index contributed by atoms with van der Waals surface area (Å²) in [5.74, 6) is 0. The van der Waals surface area contributed by atoms with Gasteiger partial charge in [0.15, 0.2) is 0 Å². The van der Waals surface area contributed by atoms with E-state index in [1.165, 1.54) is 0 Å². The van der Waals surface area contributed by atoms with Crippen molar-refractivity contribution in [3.8, 4) is 44.5 Å². The number of fused-ring (bicyclic) bond motifs is 12. The van der Waals surface area contributed by atoms with Crippen molar-refractivity contribution in [2.24, 2.45) is 0 Å². The summed E-state index contributed by atoms with van der Waals surface area (Å²) < 4.78 is 228. The summed E-state index contributed by atoms with van der Waals surface area (Å²) in [5, 5.41) is 0. The molecule has 0 atom stereocenters. The summed E-state index contributed by atoms with van der Waals surface area (Å²) in [4.78, 5) is 0. The van der Waals surface area contributed by atoms with E-state index in [1.54, 1.807) is 0 Å². The fourth-order valence-electron chi connectivity index (χ4n) is 8.64. The van der Waals surface area contributed by atoms with E-state index in [-0.39, 0.29) is 200 Å². The molecule has 0 nitrogen and oxygen atoms in total. The van der Waals surface area contributed by atoms with Crippen LogP contribution < -0.4 is 0 Å². The number of hydrogen-bond donors (Lipinski definition) is 0. The van der Waals surface area contributed by atoms with Gasteiger partial charge < -0.3 is 0 Å². The third-order valence-corrected chi connectivity index (χ3v) is 12.2. The molecule has 12 rings (SSSR count). The van der Waals surface area contributed by atoms with Gasteiger partial charge in [0.05, 0.1) is 38.4 Å². The van der Waals surface area contributed by atoms with E-state index in [9.17, 15) is 0 Å². The van der Waals surface area contributed by atoms with Gasteiger partial charge >= 0.3 is 0 Å². The lowest BCUT2D eigenvalue weighted by Gasteiger charge is -2.23. The van der Waals surface area contributed by atoms with Gasteiger partial charge in [-0.15, -0.1) is 0 Å². The lowest BCUT2D eigenvalue weighted by atomic mass is 9.81. The zero-order valence-corrected chi connectivity index (χ0v) is 40.8. The molecule has 0 radical (unpaired) electrons. The van der Waals surface area contributed by atoms with Gasteiger partial charge in [-0.1, -0.05) is 252 Å². The molecule has 0 heterocycles. The molecule has 4 aliphatic carbocycles. The molecule has 0 heteroatoms. The molecule has 0 spiro atoms. The van der Waals surface area contributed by atoms with Gasteiger partial charge in [-0.3, -0.25) is 0 Å². The Kier molecular flexibility index (Phi) is 6.32. The second-order valence-corrected chi connectivity index (χ2v) is 21.5. The molecule has 0 aromatic heterocycles. The first-order chi connectivity index (χ1) is 43.9. The molecule has 0 N–H and O–H groups in total. The highest BCUT2D eigenvalue weighted by Crippen LogP contribution is 2.44. The Hall–Kier alpha value is -6.24. The van der Waals surface area contributed by atoms with Gasteiger partial charge in [0, 0.05) is 0 Å². The van der Waals surface area contributed by atoms with Gasteiger partial charge in [0.1, 0.15) is 0 Å². The average molecular weight is 917 g/mol. The predicted octanol–water partition coefficient (Wildman–Crippen LogP) is 18.2. The van der Waals surface area contributed by atoms with Gasteiger partial charge in [-0.05, 0) is 159 Å². The first-order valence-electron chi connectivity index (χ1n) is 36.8. The topological polar surface area (TPSA) is 0 Å². The van der Waals surface area contributed by atoms with Gasteiger partial charge in [0.25, 0.3) is 0 Å². The van der Waals surface area contributed by atoms with Crippen LogP contribution in [0.4, 0.5) is 0 Å². The van der Waals surface area contributed by atoms with Crippen LogP contribution in [-0.2, 0) is 47.3 Å². The van der Waals surface area contributed by atoms with Crippen LogP contribution in [0.2, 0.25) is 0 Å². The molecule has 0 saturated carbocycles. The Labute approximate surface area is 448 Å². The summed E-state index contributed by atoms with van der Waals surface area (Å²) >= 11 is 0. The molecule has 0 bridgehead atoms. The van der Waals surface area contributed by atoms with Crippen molar-refractivity contribution >= 4 is 0 Å². The fourth-order valence-corrected chi connectivity index (χ4v) is 8.64. The summed E-state index contributed by atoms with van der Waals surface area (Å²) in [5.41, 5.74) is 7.18. The van der Waals surface area contributed by atoms with Crippen molar-refractivity contribution in [2.45, 2.75) is 130 Å². The summed E-state index contributed by atoms with van der Waals surface area (Å²) in [6.07, 6.45) is 0.847. The molecule has 0 fully saturated rings. The Morgan fingerprint density at radius 1 is 0.279 bits per heavy atom. The van der Waals surface area contributed by atoms with Crippen molar-refractivity contribution in [1.82, 2.24) is 0 Å². The first kappa shape index (κ1) is 23.9. The Bertz CT molecular complexity index is 4740. The second-order valence-electron chi connectivity index (χ2n) is 21.5. The van der Waals surface area contributed by atoms with Crippen LogP contribution in [0.3, 0.4) is 0 Å². The summed E-state index contributed by atoms with van der Waals surface area (Å²) in [6.45, 7) is 22.8. The van der Waals surface area contributed by atoms with Gasteiger partial charge in [0.2, 0.25) is 0 Å². The lowest BCUT2D eigenvalue weighted by molar-refractivity contribution is 0.585. The highest BCUT2D eigenvalue weighted by atomic mass is 14.3. The molecule has 8 aromatic carbocycles. The van der Waals surface area contributed by atoms with Crippen LogP contribution in [-0.4, -0.2) is 0 Å². The van der Waals surface area contributed by atoms with Crippen LogP contribution in [0, 0.1) is 0 Å². The number of rotatable bonds is 0. The summed E-state index contributed by atoms with van der Waals surface area (Å²) in [7, 11) is 0. The van der Waals surface area contributed by atoms with E-state index >= 15 is 0 Å². The van der Waals surface area contributed by atoms with Gasteiger partial charge in [-0.2, -0.15) is 0 Å². The molecule has 8 aromatic rings. The molecule has 4 aliphatic rings. The SMILES string of the molecule is [2H]c1c([2H])c([2H])c2c(c1[2H])Cc1c([2H])c(C(C)(C)C)c([2H])c([2H])c1-2.[2H]c1c([2H])c([2H])c2c(c1[2H])Cc1c([2H])c([2H])c(C(C)(C)C)c([2H])c1-2.[2H]c1c([2H])c([2H])c2c(c1[2H])Cc1c([2H])c([2H])c([2H])c(C(C)(C)C)c1-2.[2H]c1c([2H])c([2H])c2c(c1[2H])Cc1c-2c([2H])c([2H])c([2H])c1C(C)(C)C. The van der Waals surface area contributed by atoms with E-state index in [0.717, 1.165) is 0 Å². The zero-order valence-electron chi connectivity index (χ0n) is 68.8. The van der Waals surface area contributed by atoms with Crippen LogP contribution in [0.25, 0.3) is 44.5 Å². The molecule has 0 amide bonds. The molecule has 0 saturated heterocycles. The second kappa shape index (κ2) is 18.0.